The van der Waals surface area contributed by atoms with E-state index in [1.807, 2.05) is 43.3 Å². The molecule has 5 heteroatoms. The van der Waals surface area contributed by atoms with Crippen LogP contribution in [0.2, 0.25) is 0 Å². The van der Waals surface area contributed by atoms with E-state index in [-0.39, 0.29) is 19.8 Å². The average molecular weight is 254 g/mol. The number of aliphatic hydroxyl groups excluding tert-OH is 3. The summed E-state index contributed by atoms with van der Waals surface area (Å²) >= 11 is 0. The molecule has 5 nitrogen and oxygen atoms in total. The number of nitrogens with one attached hydrogen (secondary N) is 1. The van der Waals surface area contributed by atoms with Crippen molar-refractivity contribution in [2.75, 3.05) is 38.8 Å². The molecule has 0 fully saturated rings. The van der Waals surface area contributed by atoms with E-state index in [4.69, 9.17) is 0 Å². The summed E-state index contributed by atoms with van der Waals surface area (Å²) in [5.74, 6) is 0. The number of aliphatic hydroxyl groups is 3. The van der Waals surface area contributed by atoms with E-state index in [2.05, 4.69) is 5.32 Å². The monoisotopic (exact) mass is 254 g/mol. The summed E-state index contributed by atoms with van der Waals surface area (Å²) in [4.78, 5) is 2.01. The lowest BCUT2D eigenvalue weighted by Crippen LogP contribution is -2.54. The van der Waals surface area contributed by atoms with Gasteiger partial charge in [-0.15, -0.1) is 0 Å². The number of benzene rings is 1. The lowest BCUT2D eigenvalue weighted by molar-refractivity contribution is 0.0414. The molecule has 18 heavy (non-hydrogen) atoms. The van der Waals surface area contributed by atoms with Crippen LogP contribution in [-0.2, 0) is 6.54 Å². The van der Waals surface area contributed by atoms with Crippen LogP contribution in [0.1, 0.15) is 5.56 Å². The molecule has 0 saturated heterocycles. The van der Waals surface area contributed by atoms with Crippen molar-refractivity contribution in [1.82, 2.24) is 5.32 Å². The first-order chi connectivity index (χ1) is 8.56. The second-order valence-electron chi connectivity index (χ2n) is 4.67. The van der Waals surface area contributed by atoms with Gasteiger partial charge in [0.1, 0.15) is 0 Å². The summed E-state index contributed by atoms with van der Waals surface area (Å²) in [6.45, 7) is -0.448. The maximum atomic E-state index is 9.18. The Kier molecular flexibility index (Phi) is 5.55. The van der Waals surface area contributed by atoms with Crippen molar-refractivity contribution in [2.45, 2.75) is 12.1 Å². The van der Waals surface area contributed by atoms with E-state index in [1.54, 1.807) is 0 Å². The van der Waals surface area contributed by atoms with Crippen molar-refractivity contribution in [3.05, 3.63) is 29.8 Å². The predicted octanol–water partition coefficient (Wildman–Crippen LogP) is -0.442. The summed E-state index contributed by atoms with van der Waals surface area (Å²) in [6.07, 6.45) is 0. The Morgan fingerprint density at radius 1 is 1.00 bits per heavy atom. The molecule has 1 aromatic carbocycles. The molecule has 0 aromatic heterocycles. The van der Waals surface area contributed by atoms with Crippen molar-refractivity contribution >= 4 is 5.69 Å². The molecule has 1 rings (SSSR count). The van der Waals surface area contributed by atoms with Crippen LogP contribution >= 0.6 is 0 Å². The maximum Gasteiger partial charge on any atom is 0.0884 e. The number of anilines is 1. The van der Waals surface area contributed by atoms with Crippen LogP contribution in [0.25, 0.3) is 0 Å². The minimum Gasteiger partial charge on any atom is -0.394 e. The molecule has 0 amide bonds. The van der Waals surface area contributed by atoms with Gasteiger partial charge in [-0.05, 0) is 17.7 Å². The molecule has 0 aliphatic rings. The zero-order valence-electron chi connectivity index (χ0n) is 10.9. The zero-order chi connectivity index (χ0) is 13.6. The molecule has 4 N–H and O–H groups in total. The second-order valence-corrected chi connectivity index (χ2v) is 4.67. The first-order valence-corrected chi connectivity index (χ1v) is 5.91. The lowest BCUT2D eigenvalue weighted by Gasteiger charge is -2.29. The Balaban J connectivity index is 2.62. The van der Waals surface area contributed by atoms with Crippen LogP contribution in [0.4, 0.5) is 5.69 Å². The summed E-state index contributed by atoms with van der Waals surface area (Å²) in [5, 5.41) is 30.5. The van der Waals surface area contributed by atoms with Crippen LogP contribution < -0.4 is 10.2 Å². The van der Waals surface area contributed by atoms with Crippen LogP contribution in [0.15, 0.2) is 24.3 Å². The molecule has 0 aliphatic heterocycles. The van der Waals surface area contributed by atoms with E-state index in [0.717, 1.165) is 11.3 Å². The Hall–Kier alpha value is -1.14. The van der Waals surface area contributed by atoms with Gasteiger partial charge in [0, 0.05) is 26.3 Å². The third kappa shape index (κ3) is 3.68. The quantitative estimate of drug-likeness (QED) is 0.531. The Bertz CT molecular complexity index is 339. The third-order valence-electron chi connectivity index (χ3n) is 3.03. The van der Waals surface area contributed by atoms with Crippen molar-refractivity contribution in [3.63, 3.8) is 0 Å². The van der Waals surface area contributed by atoms with Gasteiger partial charge in [-0.25, -0.2) is 0 Å². The molecule has 0 spiro atoms. The maximum absolute atomic E-state index is 9.18. The normalized spacial score (nSPS) is 11.6. The minimum atomic E-state index is -1.03. The fourth-order valence-electron chi connectivity index (χ4n) is 1.52. The van der Waals surface area contributed by atoms with Crippen LogP contribution in [-0.4, -0.2) is 54.8 Å². The molecule has 102 valence electrons. The summed E-state index contributed by atoms with van der Waals surface area (Å²) in [5.41, 5.74) is 1.11. The van der Waals surface area contributed by atoms with Gasteiger partial charge >= 0.3 is 0 Å². The van der Waals surface area contributed by atoms with Gasteiger partial charge in [0.05, 0.1) is 25.4 Å². The molecule has 1 aromatic rings. The Morgan fingerprint density at radius 3 is 1.89 bits per heavy atom. The molecule has 0 radical (unpaired) electrons. The van der Waals surface area contributed by atoms with Gasteiger partial charge in [0.25, 0.3) is 0 Å². The number of hydrogen-bond acceptors (Lipinski definition) is 5. The van der Waals surface area contributed by atoms with Crippen LogP contribution in [0.3, 0.4) is 0 Å². The number of rotatable bonds is 7. The average Bonchev–Trinajstić information content (AvgIpc) is 2.41. The Labute approximate surface area is 108 Å². The van der Waals surface area contributed by atoms with E-state index in [1.165, 1.54) is 0 Å². The van der Waals surface area contributed by atoms with E-state index < -0.39 is 5.54 Å². The summed E-state index contributed by atoms with van der Waals surface area (Å²) < 4.78 is 0. The third-order valence-corrected chi connectivity index (χ3v) is 3.03. The summed E-state index contributed by atoms with van der Waals surface area (Å²) in [7, 11) is 3.95. The first kappa shape index (κ1) is 14.9. The van der Waals surface area contributed by atoms with Gasteiger partial charge in [-0.2, -0.15) is 0 Å². The van der Waals surface area contributed by atoms with E-state index in [0.29, 0.717) is 6.54 Å². The number of nitrogens with zero attached hydrogens (tertiary/aromatic N) is 1. The van der Waals surface area contributed by atoms with Gasteiger partial charge in [-0.1, -0.05) is 12.1 Å². The van der Waals surface area contributed by atoms with Crippen molar-refractivity contribution in [3.8, 4) is 0 Å². The highest BCUT2D eigenvalue weighted by Gasteiger charge is 2.26. The van der Waals surface area contributed by atoms with Crippen molar-refractivity contribution in [1.29, 1.82) is 0 Å². The molecule has 0 unspecified atom stereocenters. The molecule has 0 heterocycles. The standard InChI is InChI=1S/C13H22N2O3/c1-15(2)12-5-3-11(4-6-12)7-14-13(8-16,9-17)10-18/h3-6,14,16-18H,7-10H2,1-2H3. The van der Waals surface area contributed by atoms with Gasteiger partial charge in [0.2, 0.25) is 0 Å². The largest absolute Gasteiger partial charge is 0.394 e. The first-order valence-electron chi connectivity index (χ1n) is 5.91. The van der Waals surface area contributed by atoms with Crippen LogP contribution in [0.5, 0.6) is 0 Å². The summed E-state index contributed by atoms with van der Waals surface area (Å²) in [6, 6.07) is 7.93. The van der Waals surface area contributed by atoms with Gasteiger partial charge in [-0.3, -0.25) is 0 Å². The highest BCUT2D eigenvalue weighted by Crippen LogP contribution is 2.13. The SMILES string of the molecule is CN(C)c1ccc(CNC(CO)(CO)CO)cc1. The van der Waals surface area contributed by atoms with Gasteiger partial charge < -0.3 is 25.5 Å². The molecule has 0 atom stereocenters. The highest BCUT2D eigenvalue weighted by molar-refractivity contribution is 5.45. The predicted molar refractivity (Wildman–Crippen MR) is 71.6 cm³/mol. The fourth-order valence-corrected chi connectivity index (χ4v) is 1.52. The van der Waals surface area contributed by atoms with Crippen molar-refractivity contribution in [2.24, 2.45) is 0 Å². The Morgan fingerprint density at radius 2 is 1.50 bits per heavy atom. The highest BCUT2D eigenvalue weighted by atomic mass is 16.3. The zero-order valence-corrected chi connectivity index (χ0v) is 10.9. The minimum absolute atomic E-state index is 0.310. The molecule has 0 aliphatic carbocycles. The smallest absolute Gasteiger partial charge is 0.0884 e. The van der Waals surface area contributed by atoms with Crippen molar-refractivity contribution < 1.29 is 15.3 Å². The van der Waals surface area contributed by atoms with Gasteiger partial charge in [0.15, 0.2) is 0 Å². The number of hydrogen-bond donors (Lipinski definition) is 4. The molecular weight excluding hydrogens is 232 g/mol. The fraction of sp³-hybridized carbons (Fsp3) is 0.538. The second kappa shape index (κ2) is 6.70. The van der Waals surface area contributed by atoms with E-state index in [9.17, 15) is 15.3 Å². The lowest BCUT2D eigenvalue weighted by atomic mass is 10.0. The topological polar surface area (TPSA) is 76.0 Å². The van der Waals surface area contributed by atoms with Crippen LogP contribution in [0, 0.1) is 0 Å². The molecule has 0 saturated carbocycles. The molecule has 0 bridgehead atoms. The van der Waals surface area contributed by atoms with E-state index >= 15 is 0 Å². The molecular formula is C13H22N2O3.